The van der Waals surface area contributed by atoms with Crippen molar-refractivity contribution < 1.29 is 17.9 Å². The number of hydrogen-bond acceptors (Lipinski definition) is 2. The van der Waals surface area contributed by atoms with Crippen molar-refractivity contribution >= 4 is 11.6 Å². The molecule has 2 nitrogen and oxygen atoms in total. The molecule has 0 amide bonds. The fourth-order valence-electron chi connectivity index (χ4n) is 0.988. The van der Waals surface area contributed by atoms with E-state index in [4.69, 9.17) is 22.1 Å². The lowest BCUT2D eigenvalue weighted by Gasteiger charge is -2.11. The third-order valence-electron chi connectivity index (χ3n) is 1.63. The minimum absolute atomic E-state index is 0.108. The Bertz CT molecular complexity index is 341. The molecule has 0 aliphatic carbocycles. The van der Waals surface area contributed by atoms with Crippen molar-refractivity contribution in [2.24, 2.45) is 5.73 Å². The van der Waals surface area contributed by atoms with Gasteiger partial charge in [0.05, 0.1) is 10.6 Å². The van der Waals surface area contributed by atoms with Gasteiger partial charge in [0.1, 0.15) is 12.4 Å². The zero-order valence-electron chi connectivity index (χ0n) is 7.64. The van der Waals surface area contributed by atoms with E-state index >= 15 is 0 Å². The van der Waals surface area contributed by atoms with Crippen LogP contribution in [0.1, 0.15) is 5.56 Å². The van der Waals surface area contributed by atoms with Crippen LogP contribution in [0, 0.1) is 0 Å². The molecule has 0 saturated carbocycles. The second kappa shape index (κ2) is 4.72. The molecule has 1 aromatic rings. The van der Waals surface area contributed by atoms with E-state index in [1.54, 1.807) is 0 Å². The van der Waals surface area contributed by atoms with Crippen molar-refractivity contribution in [3.8, 4) is 5.75 Å². The van der Waals surface area contributed by atoms with Crippen LogP contribution in [0.15, 0.2) is 18.2 Å². The largest absolute Gasteiger partial charge is 0.492 e. The molecular formula is C9H9ClF3NO. The van der Waals surface area contributed by atoms with Crippen LogP contribution in [0.4, 0.5) is 13.2 Å². The maximum Gasteiger partial charge on any atom is 0.417 e. The highest BCUT2D eigenvalue weighted by molar-refractivity contribution is 6.31. The van der Waals surface area contributed by atoms with Crippen LogP contribution >= 0.6 is 11.6 Å². The molecule has 0 unspecified atom stereocenters. The first-order chi connectivity index (χ1) is 6.95. The molecular weight excluding hydrogens is 231 g/mol. The number of benzene rings is 1. The van der Waals surface area contributed by atoms with Crippen LogP contribution in [-0.2, 0) is 6.18 Å². The van der Waals surface area contributed by atoms with E-state index in [0.717, 1.165) is 12.1 Å². The van der Waals surface area contributed by atoms with Gasteiger partial charge in [0, 0.05) is 6.54 Å². The van der Waals surface area contributed by atoms with Crippen molar-refractivity contribution in [3.63, 3.8) is 0 Å². The average Bonchev–Trinajstić information content (AvgIpc) is 2.15. The highest BCUT2D eigenvalue weighted by atomic mass is 35.5. The van der Waals surface area contributed by atoms with Gasteiger partial charge < -0.3 is 10.5 Å². The molecule has 0 radical (unpaired) electrons. The minimum Gasteiger partial charge on any atom is -0.492 e. The van der Waals surface area contributed by atoms with Gasteiger partial charge in [-0.25, -0.2) is 0 Å². The Morgan fingerprint density at radius 2 is 2.00 bits per heavy atom. The molecule has 0 bridgehead atoms. The first-order valence-corrected chi connectivity index (χ1v) is 4.52. The minimum atomic E-state index is -4.47. The monoisotopic (exact) mass is 239 g/mol. The Morgan fingerprint density at radius 1 is 1.33 bits per heavy atom. The summed E-state index contributed by atoms with van der Waals surface area (Å²) in [6, 6.07) is 3.38. The molecule has 84 valence electrons. The number of alkyl halides is 3. The number of nitrogens with two attached hydrogens (primary N) is 1. The zero-order valence-corrected chi connectivity index (χ0v) is 8.40. The van der Waals surface area contributed by atoms with Gasteiger partial charge in [-0.15, -0.1) is 0 Å². The molecule has 1 rings (SSSR count). The van der Waals surface area contributed by atoms with Gasteiger partial charge in [0.2, 0.25) is 0 Å². The predicted molar refractivity (Wildman–Crippen MR) is 51.0 cm³/mol. The Balaban J connectivity index is 2.95. The van der Waals surface area contributed by atoms with Crippen molar-refractivity contribution in [1.82, 2.24) is 0 Å². The molecule has 0 aliphatic rings. The summed E-state index contributed by atoms with van der Waals surface area (Å²) < 4.78 is 42.1. The van der Waals surface area contributed by atoms with Gasteiger partial charge in [-0.2, -0.15) is 13.2 Å². The lowest BCUT2D eigenvalue weighted by Crippen LogP contribution is -2.11. The third kappa shape index (κ3) is 3.28. The van der Waals surface area contributed by atoms with E-state index in [9.17, 15) is 13.2 Å². The predicted octanol–water partition coefficient (Wildman–Crippen LogP) is 2.70. The second-order valence-electron chi connectivity index (χ2n) is 2.78. The molecule has 0 fully saturated rings. The lowest BCUT2D eigenvalue weighted by atomic mass is 10.2. The fourth-order valence-corrected chi connectivity index (χ4v) is 1.21. The Kier molecular flexibility index (Phi) is 3.82. The molecule has 0 spiro atoms. The topological polar surface area (TPSA) is 35.2 Å². The van der Waals surface area contributed by atoms with Crippen LogP contribution in [0.3, 0.4) is 0 Å². The van der Waals surface area contributed by atoms with Gasteiger partial charge in [0.25, 0.3) is 0 Å². The highest BCUT2D eigenvalue weighted by Crippen LogP contribution is 2.36. The van der Waals surface area contributed by atoms with E-state index in [0.29, 0.717) is 0 Å². The SMILES string of the molecule is NCCOc1ccc(Cl)c(C(F)(F)F)c1. The molecule has 1 aromatic carbocycles. The van der Waals surface area contributed by atoms with Crippen LogP contribution in [0.5, 0.6) is 5.75 Å². The second-order valence-corrected chi connectivity index (χ2v) is 3.18. The number of hydrogen-bond donors (Lipinski definition) is 1. The van der Waals surface area contributed by atoms with Crippen molar-refractivity contribution in [2.45, 2.75) is 6.18 Å². The maximum atomic E-state index is 12.4. The summed E-state index contributed by atoms with van der Waals surface area (Å²) in [4.78, 5) is 0. The van der Waals surface area contributed by atoms with Gasteiger partial charge in [-0.05, 0) is 18.2 Å². The van der Waals surface area contributed by atoms with E-state index < -0.39 is 11.7 Å². The Hall–Kier alpha value is -0.940. The zero-order chi connectivity index (χ0) is 11.5. The highest BCUT2D eigenvalue weighted by Gasteiger charge is 2.33. The number of ether oxygens (including phenoxy) is 1. The smallest absolute Gasteiger partial charge is 0.417 e. The van der Waals surface area contributed by atoms with Crippen LogP contribution < -0.4 is 10.5 Å². The van der Waals surface area contributed by atoms with Crippen molar-refractivity contribution in [1.29, 1.82) is 0 Å². The van der Waals surface area contributed by atoms with Crippen LogP contribution in [-0.4, -0.2) is 13.2 Å². The Labute approximate surface area is 89.8 Å². The van der Waals surface area contributed by atoms with Gasteiger partial charge in [0.15, 0.2) is 0 Å². The van der Waals surface area contributed by atoms with Gasteiger partial charge >= 0.3 is 6.18 Å². The summed E-state index contributed by atoms with van der Waals surface area (Å²) in [6.45, 7) is 0.406. The fraction of sp³-hybridized carbons (Fsp3) is 0.333. The lowest BCUT2D eigenvalue weighted by molar-refractivity contribution is -0.137. The van der Waals surface area contributed by atoms with E-state index in [-0.39, 0.29) is 23.9 Å². The average molecular weight is 240 g/mol. The summed E-state index contributed by atoms with van der Waals surface area (Å²) >= 11 is 5.41. The van der Waals surface area contributed by atoms with E-state index in [1.165, 1.54) is 6.07 Å². The molecule has 6 heteroatoms. The first kappa shape index (κ1) is 12.1. The quantitative estimate of drug-likeness (QED) is 0.880. The normalized spacial score (nSPS) is 11.5. The van der Waals surface area contributed by atoms with Gasteiger partial charge in [-0.1, -0.05) is 11.6 Å². The Morgan fingerprint density at radius 3 is 2.53 bits per heavy atom. The molecule has 0 heterocycles. The van der Waals surface area contributed by atoms with Crippen molar-refractivity contribution in [2.75, 3.05) is 13.2 Å². The van der Waals surface area contributed by atoms with Crippen LogP contribution in [0.25, 0.3) is 0 Å². The summed E-state index contributed by atoms with van der Waals surface area (Å²) in [5, 5.41) is -0.345. The van der Waals surface area contributed by atoms with Crippen molar-refractivity contribution in [3.05, 3.63) is 28.8 Å². The van der Waals surface area contributed by atoms with E-state index in [1.807, 2.05) is 0 Å². The molecule has 15 heavy (non-hydrogen) atoms. The third-order valence-corrected chi connectivity index (χ3v) is 1.96. The summed E-state index contributed by atoms with van der Waals surface area (Å²) in [5.41, 5.74) is 4.25. The number of halogens is 4. The molecule has 0 saturated heterocycles. The summed E-state index contributed by atoms with van der Waals surface area (Å²) in [5.74, 6) is 0.108. The molecule has 0 aliphatic heterocycles. The summed E-state index contributed by atoms with van der Waals surface area (Å²) in [7, 11) is 0. The molecule has 2 N–H and O–H groups in total. The van der Waals surface area contributed by atoms with E-state index in [2.05, 4.69) is 0 Å². The van der Waals surface area contributed by atoms with Gasteiger partial charge in [-0.3, -0.25) is 0 Å². The standard InChI is InChI=1S/C9H9ClF3NO/c10-8-2-1-6(15-4-3-14)5-7(8)9(11,12)13/h1-2,5H,3-4,14H2. The number of rotatable bonds is 3. The molecule has 0 atom stereocenters. The summed E-state index contributed by atoms with van der Waals surface area (Å²) in [6.07, 6.45) is -4.47. The molecule has 0 aromatic heterocycles. The first-order valence-electron chi connectivity index (χ1n) is 4.15. The maximum absolute atomic E-state index is 12.4. The van der Waals surface area contributed by atoms with Crippen LogP contribution in [0.2, 0.25) is 5.02 Å².